The van der Waals surface area contributed by atoms with Crippen molar-refractivity contribution >= 4 is 18.4 Å². The highest BCUT2D eigenvalue weighted by atomic mass is 16.1. The first kappa shape index (κ1) is 9.40. The number of rotatable bonds is 3. The van der Waals surface area contributed by atoms with E-state index in [0.717, 1.165) is 17.5 Å². The van der Waals surface area contributed by atoms with Crippen molar-refractivity contribution in [3.63, 3.8) is 0 Å². The Hall–Kier alpha value is -2.16. The zero-order valence-electron chi connectivity index (χ0n) is 8.05. The molecule has 3 nitrogen and oxygen atoms in total. The quantitative estimate of drug-likeness (QED) is 0.769. The number of nitrogens with zero attached hydrogens (tertiary/aromatic N) is 1. The second-order valence-corrected chi connectivity index (χ2v) is 3.11. The lowest BCUT2D eigenvalue weighted by molar-refractivity contribution is 0.112. The lowest BCUT2D eigenvalue weighted by Crippen LogP contribution is -1.78. The fraction of sp³-hybridized carbons (Fsp3) is 0. The van der Waals surface area contributed by atoms with Gasteiger partial charge in [0.05, 0.1) is 12.0 Å². The van der Waals surface area contributed by atoms with Crippen LogP contribution < -0.4 is 0 Å². The molecule has 0 aliphatic heterocycles. The Labute approximate surface area is 87.5 Å². The maximum absolute atomic E-state index is 10.4. The largest absolute Gasteiger partial charge is 0.351 e. The van der Waals surface area contributed by atoms with E-state index >= 15 is 0 Å². The fourth-order valence-corrected chi connectivity index (χ4v) is 1.23. The maximum atomic E-state index is 10.4. The Morgan fingerprint density at radius 1 is 1.07 bits per heavy atom. The first-order valence-electron chi connectivity index (χ1n) is 4.60. The average molecular weight is 198 g/mol. The standard InChI is InChI=1S/C12H10N2O/c15-8-11-3-1-10(2-4-11)5-6-12-7-13-9-14-12/h1-9H,(H,13,14)/b6-5+. The molecule has 0 atom stereocenters. The third-order valence-electron chi connectivity index (χ3n) is 2.04. The van der Waals surface area contributed by atoms with Gasteiger partial charge < -0.3 is 4.98 Å². The van der Waals surface area contributed by atoms with E-state index in [1.54, 1.807) is 18.5 Å². The van der Waals surface area contributed by atoms with Crippen molar-refractivity contribution in [2.45, 2.75) is 0 Å². The molecular formula is C12H10N2O. The van der Waals surface area contributed by atoms with Gasteiger partial charge >= 0.3 is 0 Å². The molecule has 2 aromatic rings. The van der Waals surface area contributed by atoms with Crippen LogP contribution in [-0.4, -0.2) is 16.3 Å². The number of aromatic amines is 1. The predicted octanol–water partition coefficient (Wildman–Crippen LogP) is 2.39. The first-order chi connectivity index (χ1) is 7.38. The number of hydrogen-bond donors (Lipinski definition) is 1. The molecule has 1 N–H and O–H groups in total. The van der Waals surface area contributed by atoms with Crippen LogP contribution in [0.4, 0.5) is 0 Å². The van der Waals surface area contributed by atoms with Crippen LogP contribution in [-0.2, 0) is 0 Å². The van der Waals surface area contributed by atoms with Crippen molar-refractivity contribution in [3.05, 3.63) is 53.6 Å². The van der Waals surface area contributed by atoms with Crippen molar-refractivity contribution in [2.24, 2.45) is 0 Å². The van der Waals surface area contributed by atoms with E-state index in [1.807, 2.05) is 30.5 Å². The van der Waals surface area contributed by atoms with Gasteiger partial charge in [-0.1, -0.05) is 30.3 Å². The first-order valence-corrected chi connectivity index (χ1v) is 4.60. The number of carbonyl (C=O) groups is 1. The summed E-state index contributed by atoms with van der Waals surface area (Å²) in [5.41, 5.74) is 2.62. The molecule has 2 rings (SSSR count). The molecule has 1 heterocycles. The lowest BCUT2D eigenvalue weighted by atomic mass is 10.1. The van der Waals surface area contributed by atoms with Crippen LogP contribution in [0.2, 0.25) is 0 Å². The normalized spacial score (nSPS) is 10.7. The third kappa shape index (κ3) is 2.40. The minimum Gasteiger partial charge on any atom is -0.351 e. The molecule has 74 valence electrons. The molecule has 0 radical (unpaired) electrons. The van der Waals surface area contributed by atoms with Gasteiger partial charge in [-0.3, -0.25) is 4.79 Å². The number of H-pyrrole nitrogens is 1. The predicted molar refractivity (Wildman–Crippen MR) is 59.3 cm³/mol. The van der Waals surface area contributed by atoms with Crippen molar-refractivity contribution in [1.29, 1.82) is 0 Å². The number of hydrogen-bond acceptors (Lipinski definition) is 2. The third-order valence-corrected chi connectivity index (χ3v) is 2.04. The summed E-state index contributed by atoms with van der Waals surface area (Å²) in [6.45, 7) is 0. The minimum atomic E-state index is 0.687. The Morgan fingerprint density at radius 2 is 1.80 bits per heavy atom. The highest BCUT2D eigenvalue weighted by molar-refractivity contribution is 5.76. The number of aldehydes is 1. The Bertz CT molecular complexity index is 455. The van der Waals surface area contributed by atoms with Crippen LogP contribution in [0.1, 0.15) is 21.6 Å². The summed E-state index contributed by atoms with van der Waals surface area (Å²) in [6, 6.07) is 7.37. The molecule has 0 unspecified atom stereocenters. The molecule has 1 aromatic carbocycles. The average Bonchev–Trinajstić information content (AvgIpc) is 2.80. The molecule has 1 aromatic heterocycles. The van der Waals surface area contributed by atoms with Crippen LogP contribution in [0.25, 0.3) is 12.2 Å². The number of aromatic nitrogens is 2. The number of nitrogens with one attached hydrogen (secondary N) is 1. The minimum absolute atomic E-state index is 0.687. The topological polar surface area (TPSA) is 45.8 Å². The summed E-state index contributed by atoms with van der Waals surface area (Å²) < 4.78 is 0. The fourth-order valence-electron chi connectivity index (χ4n) is 1.23. The van der Waals surface area contributed by atoms with Gasteiger partial charge in [0.25, 0.3) is 0 Å². The van der Waals surface area contributed by atoms with E-state index in [0.29, 0.717) is 5.56 Å². The van der Waals surface area contributed by atoms with Gasteiger partial charge in [-0.2, -0.15) is 0 Å². The van der Waals surface area contributed by atoms with Crippen LogP contribution in [0, 0.1) is 0 Å². The van der Waals surface area contributed by atoms with Gasteiger partial charge in [0.2, 0.25) is 0 Å². The smallest absolute Gasteiger partial charge is 0.150 e. The monoisotopic (exact) mass is 198 g/mol. The van der Waals surface area contributed by atoms with Crippen molar-refractivity contribution in [1.82, 2.24) is 9.97 Å². The zero-order valence-corrected chi connectivity index (χ0v) is 8.05. The number of imidazole rings is 1. The molecule has 0 aliphatic rings. The van der Waals surface area contributed by atoms with E-state index in [2.05, 4.69) is 9.97 Å². The van der Waals surface area contributed by atoms with E-state index < -0.39 is 0 Å². The van der Waals surface area contributed by atoms with Gasteiger partial charge in [-0.05, 0) is 11.6 Å². The summed E-state index contributed by atoms with van der Waals surface area (Å²) in [4.78, 5) is 17.4. The molecule has 0 spiro atoms. The summed E-state index contributed by atoms with van der Waals surface area (Å²) in [5.74, 6) is 0. The molecule has 0 saturated heterocycles. The molecule has 0 aliphatic carbocycles. The molecule has 0 saturated carbocycles. The van der Waals surface area contributed by atoms with Crippen molar-refractivity contribution < 1.29 is 4.79 Å². The maximum Gasteiger partial charge on any atom is 0.150 e. The van der Waals surface area contributed by atoms with Crippen LogP contribution in [0.5, 0.6) is 0 Å². The summed E-state index contributed by atoms with van der Waals surface area (Å²) in [7, 11) is 0. The number of benzene rings is 1. The van der Waals surface area contributed by atoms with Gasteiger partial charge in [-0.25, -0.2) is 4.98 Å². The molecule has 0 bridgehead atoms. The van der Waals surface area contributed by atoms with Crippen LogP contribution >= 0.6 is 0 Å². The van der Waals surface area contributed by atoms with Crippen LogP contribution in [0.15, 0.2) is 36.8 Å². The molecule has 0 amide bonds. The summed E-state index contributed by atoms with van der Waals surface area (Å²) in [6.07, 6.45) is 8.14. The summed E-state index contributed by atoms with van der Waals surface area (Å²) >= 11 is 0. The van der Waals surface area contributed by atoms with Crippen LogP contribution in [0.3, 0.4) is 0 Å². The Morgan fingerprint density at radius 3 is 2.40 bits per heavy atom. The Balaban J connectivity index is 2.14. The SMILES string of the molecule is O=Cc1ccc(/C=C/c2c[nH]cn2)cc1. The zero-order chi connectivity index (χ0) is 10.5. The van der Waals surface area contributed by atoms with E-state index in [-0.39, 0.29) is 0 Å². The second kappa shape index (κ2) is 4.37. The highest BCUT2D eigenvalue weighted by Crippen LogP contribution is 2.06. The van der Waals surface area contributed by atoms with Gasteiger partial charge in [0, 0.05) is 11.8 Å². The molecule has 3 heteroatoms. The van der Waals surface area contributed by atoms with E-state index in [4.69, 9.17) is 0 Å². The second-order valence-electron chi connectivity index (χ2n) is 3.11. The molecule has 0 fully saturated rings. The van der Waals surface area contributed by atoms with E-state index in [1.165, 1.54) is 0 Å². The number of carbonyl (C=O) groups excluding carboxylic acids is 1. The van der Waals surface area contributed by atoms with Gasteiger partial charge in [0.15, 0.2) is 0 Å². The van der Waals surface area contributed by atoms with E-state index in [9.17, 15) is 4.79 Å². The van der Waals surface area contributed by atoms with Gasteiger partial charge in [0.1, 0.15) is 6.29 Å². The van der Waals surface area contributed by atoms with Gasteiger partial charge in [-0.15, -0.1) is 0 Å². The Kier molecular flexibility index (Phi) is 2.74. The highest BCUT2D eigenvalue weighted by Gasteiger charge is 1.90. The molecular weight excluding hydrogens is 188 g/mol. The molecule has 15 heavy (non-hydrogen) atoms. The lowest BCUT2D eigenvalue weighted by Gasteiger charge is -1.92. The van der Waals surface area contributed by atoms with Crippen molar-refractivity contribution in [2.75, 3.05) is 0 Å². The summed E-state index contributed by atoms with van der Waals surface area (Å²) in [5, 5.41) is 0. The van der Waals surface area contributed by atoms with Crippen molar-refractivity contribution in [3.8, 4) is 0 Å².